The molecular formula is C17H16BrI2NO. The minimum absolute atomic E-state index is 0.0842. The SMILES string of the molecule is CCC(C)c1ccccc1NC(=O)c1cc(I)cc(I)c1Br. The van der Waals surface area contributed by atoms with E-state index >= 15 is 0 Å². The van der Waals surface area contributed by atoms with Crippen LogP contribution in [-0.4, -0.2) is 5.91 Å². The van der Waals surface area contributed by atoms with Gasteiger partial charge < -0.3 is 5.32 Å². The molecule has 1 unspecified atom stereocenters. The third kappa shape index (κ3) is 4.23. The summed E-state index contributed by atoms with van der Waals surface area (Å²) in [7, 11) is 0. The highest BCUT2D eigenvalue weighted by molar-refractivity contribution is 14.1. The highest BCUT2D eigenvalue weighted by Gasteiger charge is 2.16. The van der Waals surface area contributed by atoms with E-state index in [9.17, 15) is 4.79 Å². The van der Waals surface area contributed by atoms with E-state index in [1.54, 1.807) is 0 Å². The van der Waals surface area contributed by atoms with Crippen molar-refractivity contribution in [3.63, 3.8) is 0 Å². The smallest absolute Gasteiger partial charge is 0.256 e. The zero-order valence-electron chi connectivity index (χ0n) is 12.3. The first-order chi connectivity index (χ1) is 10.4. The fourth-order valence-electron chi connectivity index (χ4n) is 2.17. The van der Waals surface area contributed by atoms with Gasteiger partial charge in [-0.2, -0.15) is 0 Å². The Kier molecular flexibility index (Phi) is 6.70. The number of anilines is 1. The van der Waals surface area contributed by atoms with Crippen molar-refractivity contribution in [3.05, 3.63) is 59.1 Å². The van der Waals surface area contributed by atoms with E-state index in [2.05, 4.69) is 86.3 Å². The fraction of sp³-hybridized carbons (Fsp3) is 0.235. The quantitative estimate of drug-likeness (QED) is 0.326. The maximum absolute atomic E-state index is 12.7. The van der Waals surface area contributed by atoms with Gasteiger partial charge in [0, 0.05) is 17.3 Å². The molecule has 2 aromatic carbocycles. The number of rotatable bonds is 4. The Morgan fingerprint density at radius 2 is 1.95 bits per heavy atom. The Morgan fingerprint density at radius 1 is 1.27 bits per heavy atom. The molecule has 5 heteroatoms. The monoisotopic (exact) mass is 583 g/mol. The molecule has 0 aromatic heterocycles. The third-order valence-corrected chi connectivity index (χ3v) is 6.66. The fourth-order valence-corrected chi connectivity index (χ4v) is 4.43. The molecule has 0 radical (unpaired) electrons. The van der Waals surface area contributed by atoms with E-state index in [-0.39, 0.29) is 5.91 Å². The normalized spacial score (nSPS) is 12.0. The molecule has 0 aliphatic rings. The predicted octanol–water partition coefficient (Wildman–Crippen LogP) is 6.42. The van der Waals surface area contributed by atoms with Gasteiger partial charge in [0.15, 0.2) is 0 Å². The van der Waals surface area contributed by atoms with Crippen molar-refractivity contribution < 1.29 is 4.79 Å². The van der Waals surface area contributed by atoms with E-state index in [0.29, 0.717) is 11.5 Å². The van der Waals surface area contributed by atoms with Crippen LogP contribution in [-0.2, 0) is 0 Å². The van der Waals surface area contributed by atoms with E-state index in [0.717, 1.165) is 23.7 Å². The highest BCUT2D eigenvalue weighted by Crippen LogP contribution is 2.29. The van der Waals surface area contributed by atoms with E-state index < -0.39 is 0 Å². The maximum Gasteiger partial charge on any atom is 0.256 e. The molecule has 0 saturated heterocycles. The van der Waals surface area contributed by atoms with Crippen molar-refractivity contribution >= 4 is 72.7 Å². The molecule has 0 spiro atoms. The van der Waals surface area contributed by atoms with Gasteiger partial charge in [0.05, 0.1) is 5.56 Å². The van der Waals surface area contributed by atoms with Crippen LogP contribution < -0.4 is 5.32 Å². The van der Waals surface area contributed by atoms with Gasteiger partial charge in [0.1, 0.15) is 0 Å². The van der Waals surface area contributed by atoms with Crippen LogP contribution in [0.2, 0.25) is 0 Å². The minimum Gasteiger partial charge on any atom is -0.322 e. The van der Waals surface area contributed by atoms with Crippen LogP contribution in [0.3, 0.4) is 0 Å². The molecule has 0 saturated carbocycles. The van der Waals surface area contributed by atoms with Gasteiger partial charge >= 0.3 is 0 Å². The minimum atomic E-state index is -0.0842. The third-order valence-electron chi connectivity index (χ3n) is 3.59. The molecule has 2 rings (SSSR count). The lowest BCUT2D eigenvalue weighted by molar-refractivity contribution is 0.102. The summed E-state index contributed by atoms with van der Waals surface area (Å²) in [6, 6.07) is 11.9. The molecule has 0 fully saturated rings. The van der Waals surface area contributed by atoms with Crippen molar-refractivity contribution in [2.24, 2.45) is 0 Å². The number of halogens is 3. The molecule has 1 amide bonds. The summed E-state index contributed by atoms with van der Waals surface area (Å²) in [4.78, 5) is 12.7. The molecule has 22 heavy (non-hydrogen) atoms. The largest absolute Gasteiger partial charge is 0.322 e. The molecule has 116 valence electrons. The van der Waals surface area contributed by atoms with Crippen LogP contribution in [0.1, 0.15) is 42.1 Å². The summed E-state index contributed by atoms with van der Waals surface area (Å²) >= 11 is 7.98. The van der Waals surface area contributed by atoms with Crippen molar-refractivity contribution in [1.82, 2.24) is 0 Å². The average Bonchev–Trinajstić information content (AvgIpc) is 2.50. The summed E-state index contributed by atoms with van der Waals surface area (Å²) in [6.45, 7) is 4.33. The first kappa shape index (κ1) is 18.2. The molecule has 1 N–H and O–H groups in total. The molecular weight excluding hydrogens is 568 g/mol. The van der Waals surface area contributed by atoms with Gasteiger partial charge in [-0.3, -0.25) is 4.79 Å². The number of benzene rings is 2. The Balaban J connectivity index is 2.34. The second-order valence-corrected chi connectivity index (χ2v) is 8.30. The lowest BCUT2D eigenvalue weighted by Gasteiger charge is -2.16. The Morgan fingerprint density at radius 3 is 2.64 bits per heavy atom. The topological polar surface area (TPSA) is 29.1 Å². The highest BCUT2D eigenvalue weighted by atomic mass is 127. The van der Waals surface area contributed by atoms with Gasteiger partial charge in [0.2, 0.25) is 0 Å². The number of nitrogens with one attached hydrogen (secondary N) is 1. The van der Waals surface area contributed by atoms with Gasteiger partial charge in [-0.25, -0.2) is 0 Å². The summed E-state index contributed by atoms with van der Waals surface area (Å²) in [5.74, 6) is 0.329. The Hall–Kier alpha value is -0.150. The van der Waals surface area contributed by atoms with Crippen molar-refractivity contribution in [2.75, 3.05) is 5.32 Å². The van der Waals surface area contributed by atoms with Crippen LogP contribution >= 0.6 is 61.1 Å². The average molecular weight is 584 g/mol. The summed E-state index contributed by atoms with van der Waals surface area (Å²) in [5, 5.41) is 3.06. The zero-order valence-corrected chi connectivity index (χ0v) is 18.2. The molecule has 2 nitrogen and oxygen atoms in total. The van der Waals surface area contributed by atoms with E-state index in [4.69, 9.17) is 0 Å². The molecule has 0 bridgehead atoms. The van der Waals surface area contributed by atoms with E-state index in [1.165, 1.54) is 5.56 Å². The summed E-state index contributed by atoms with van der Waals surface area (Å²) in [5.41, 5.74) is 2.73. The van der Waals surface area contributed by atoms with Crippen LogP contribution in [0.4, 0.5) is 5.69 Å². The number of carbonyl (C=O) groups excluding carboxylic acids is 1. The lowest BCUT2D eigenvalue weighted by Crippen LogP contribution is -2.15. The first-order valence-electron chi connectivity index (χ1n) is 6.98. The van der Waals surface area contributed by atoms with Gasteiger partial charge in [-0.15, -0.1) is 0 Å². The van der Waals surface area contributed by atoms with Crippen LogP contribution in [0.15, 0.2) is 40.9 Å². The van der Waals surface area contributed by atoms with E-state index in [1.807, 2.05) is 30.3 Å². The Bertz CT molecular complexity index is 703. The Labute approximate surface area is 166 Å². The van der Waals surface area contributed by atoms with Crippen LogP contribution in [0.5, 0.6) is 0 Å². The number of hydrogen-bond acceptors (Lipinski definition) is 1. The van der Waals surface area contributed by atoms with Crippen molar-refractivity contribution in [3.8, 4) is 0 Å². The number of amides is 1. The second kappa shape index (κ2) is 8.10. The lowest BCUT2D eigenvalue weighted by atomic mass is 9.97. The van der Waals surface area contributed by atoms with Crippen molar-refractivity contribution in [2.45, 2.75) is 26.2 Å². The molecule has 0 heterocycles. The number of para-hydroxylation sites is 1. The van der Waals surface area contributed by atoms with Gasteiger partial charge in [0.25, 0.3) is 5.91 Å². The van der Waals surface area contributed by atoms with Crippen LogP contribution in [0, 0.1) is 7.14 Å². The summed E-state index contributed by atoms with van der Waals surface area (Å²) in [6.07, 6.45) is 1.04. The number of hydrogen-bond donors (Lipinski definition) is 1. The van der Waals surface area contributed by atoms with Gasteiger partial charge in [-0.1, -0.05) is 32.0 Å². The molecule has 1 atom stereocenters. The molecule has 0 aliphatic carbocycles. The molecule has 2 aromatic rings. The molecule has 0 aliphatic heterocycles. The van der Waals surface area contributed by atoms with Gasteiger partial charge in [-0.05, 0) is 97.2 Å². The maximum atomic E-state index is 12.7. The second-order valence-electron chi connectivity index (χ2n) is 5.10. The van der Waals surface area contributed by atoms with Crippen LogP contribution in [0.25, 0.3) is 0 Å². The zero-order chi connectivity index (χ0) is 16.3. The standard InChI is InChI=1S/C17H16BrI2NO/c1-3-10(2)12-6-4-5-7-15(12)21-17(22)13-8-11(19)9-14(20)16(13)18/h4-10H,3H2,1-2H3,(H,21,22). The predicted molar refractivity (Wildman–Crippen MR) is 113 cm³/mol. The van der Waals surface area contributed by atoms with Crippen molar-refractivity contribution in [1.29, 1.82) is 0 Å². The first-order valence-corrected chi connectivity index (χ1v) is 9.93. The summed E-state index contributed by atoms with van der Waals surface area (Å²) < 4.78 is 2.92. The number of carbonyl (C=O) groups is 1.